The standard InChI is InChI=1S/C15H21N5O5S/c16-15(21)12-3-4-13(14(11-12)20(22)23)17-7-9-19(10-8-17)26(24,25)18-5-1-2-6-18/h3-4,11H,1-2,5-10H2,(H2,16,21). The zero-order valence-corrected chi connectivity index (χ0v) is 15.0. The maximum absolute atomic E-state index is 12.6. The van der Waals surface area contributed by atoms with Crippen LogP contribution in [0.15, 0.2) is 18.2 Å². The van der Waals surface area contributed by atoms with E-state index in [1.54, 1.807) is 4.90 Å². The molecule has 1 aromatic carbocycles. The van der Waals surface area contributed by atoms with Gasteiger partial charge in [0, 0.05) is 50.9 Å². The van der Waals surface area contributed by atoms with E-state index in [2.05, 4.69) is 0 Å². The van der Waals surface area contributed by atoms with Crippen molar-refractivity contribution >= 4 is 27.5 Å². The summed E-state index contributed by atoms with van der Waals surface area (Å²) >= 11 is 0. The van der Waals surface area contributed by atoms with E-state index >= 15 is 0 Å². The zero-order valence-electron chi connectivity index (χ0n) is 14.2. The molecule has 0 bridgehead atoms. The highest BCUT2D eigenvalue weighted by Gasteiger charge is 2.34. The molecule has 0 radical (unpaired) electrons. The number of nitro groups is 1. The topological polar surface area (TPSA) is 130 Å². The molecule has 0 saturated carbocycles. The Kier molecular flexibility index (Phi) is 5.12. The first-order valence-electron chi connectivity index (χ1n) is 8.39. The quantitative estimate of drug-likeness (QED) is 0.569. The summed E-state index contributed by atoms with van der Waals surface area (Å²) in [6.45, 7) is 2.28. The minimum Gasteiger partial charge on any atom is -0.366 e. The van der Waals surface area contributed by atoms with E-state index in [9.17, 15) is 23.3 Å². The molecule has 2 saturated heterocycles. The summed E-state index contributed by atoms with van der Waals surface area (Å²) in [6.07, 6.45) is 1.75. The number of hydrogen-bond acceptors (Lipinski definition) is 6. The summed E-state index contributed by atoms with van der Waals surface area (Å²) in [6, 6.07) is 4.09. The Labute approximate surface area is 151 Å². The second-order valence-corrected chi connectivity index (χ2v) is 8.25. The molecule has 2 heterocycles. The van der Waals surface area contributed by atoms with Crippen LogP contribution >= 0.6 is 0 Å². The molecule has 2 N–H and O–H groups in total. The van der Waals surface area contributed by atoms with Gasteiger partial charge in [-0.3, -0.25) is 14.9 Å². The second kappa shape index (κ2) is 7.17. The summed E-state index contributed by atoms with van der Waals surface area (Å²) < 4.78 is 28.1. The molecule has 26 heavy (non-hydrogen) atoms. The molecular weight excluding hydrogens is 362 g/mol. The molecule has 0 unspecified atom stereocenters. The molecule has 0 aliphatic carbocycles. The Morgan fingerprint density at radius 2 is 1.62 bits per heavy atom. The van der Waals surface area contributed by atoms with Gasteiger partial charge in [0.1, 0.15) is 5.69 Å². The van der Waals surface area contributed by atoms with E-state index in [0.29, 0.717) is 31.9 Å². The summed E-state index contributed by atoms with van der Waals surface area (Å²) in [5, 5.41) is 11.4. The predicted octanol–water partition coefficient (Wildman–Crippen LogP) is 0.156. The predicted molar refractivity (Wildman–Crippen MR) is 95.1 cm³/mol. The number of primary amides is 1. The van der Waals surface area contributed by atoms with Crippen molar-refractivity contribution in [1.29, 1.82) is 0 Å². The molecule has 10 nitrogen and oxygen atoms in total. The van der Waals surface area contributed by atoms with Crippen LogP contribution < -0.4 is 10.6 Å². The maximum Gasteiger partial charge on any atom is 0.293 e. The third-order valence-electron chi connectivity index (χ3n) is 4.75. The van der Waals surface area contributed by atoms with Crippen LogP contribution in [0.2, 0.25) is 0 Å². The fourth-order valence-corrected chi connectivity index (χ4v) is 5.00. The maximum atomic E-state index is 12.6. The number of nitrogens with zero attached hydrogens (tertiary/aromatic N) is 4. The molecular formula is C15H21N5O5S. The van der Waals surface area contributed by atoms with Gasteiger partial charge in [-0.05, 0) is 25.0 Å². The van der Waals surface area contributed by atoms with E-state index in [0.717, 1.165) is 18.9 Å². The first kappa shape index (κ1) is 18.5. The van der Waals surface area contributed by atoms with Gasteiger partial charge >= 0.3 is 0 Å². The van der Waals surface area contributed by atoms with Crippen LogP contribution in [-0.2, 0) is 10.2 Å². The number of anilines is 1. The third-order valence-corrected chi connectivity index (χ3v) is 6.79. The lowest BCUT2D eigenvalue weighted by Gasteiger charge is -2.36. The number of benzene rings is 1. The minimum atomic E-state index is -3.47. The summed E-state index contributed by atoms with van der Waals surface area (Å²) in [7, 11) is -3.47. The van der Waals surface area contributed by atoms with Crippen molar-refractivity contribution in [3.05, 3.63) is 33.9 Å². The van der Waals surface area contributed by atoms with E-state index in [1.807, 2.05) is 0 Å². The van der Waals surface area contributed by atoms with Crippen LogP contribution in [0.3, 0.4) is 0 Å². The number of amides is 1. The normalized spacial score (nSPS) is 19.6. The van der Waals surface area contributed by atoms with E-state index in [-0.39, 0.29) is 24.3 Å². The van der Waals surface area contributed by atoms with Crippen LogP contribution in [0, 0.1) is 10.1 Å². The van der Waals surface area contributed by atoms with Crippen molar-refractivity contribution in [2.75, 3.05) is 44.2 Å². The lowest BCUT2D eigenvalue weighted by atomic mass is 10.1. The first-order chi connectivity index (χ1) is 12.3. The van der Waals surface area contributed by atoms with Crippen molar-refractivity contribution in [3.63, 3.8) is 0 Å². The fraction of sp³-hybridized carbons (Fsp3) is 0.533. The molecule has 11 heteroatoms. The number of hydrogen-bond donors (Lipinski definition) is 1. The monoisotopic (exact) mass is 383 g/mol. The van der Waals surface area contributed by atoms with Gasteiger partial charge in [-0.1, -0.05) is 0 Å². The molecule has 2 aliphatic heterocycles. The zero-order chi connectivity index (χ0) is 18.9. The largest absolute Gasteiger partial charge is 0.366 e. The van der Waals surface area contributed by atoms with Crippen LogP contribution in [-0.4, -0.2) is 67.1 Å². The molecule has 3 rings (SSSR count). The van der Waals surface area contributed by atoms with Crippen molar-refractivity contribution in [2.45, 2.75) is 12.8 Å². The average molecular weight is 383 g/mol. The highest BCUT2D eigenvalue weighted by Crippen LogP contribution is 2.30. The fourth-order valence-electron chi connectivity index (χ4n) is 3.33. The number of nitrogens with two attached hydrogens (primary N) is 1. The van der Waals surface area contributed by atoms with Crippen molar-refractivity contribution in [2.24, 2.45) is 5.73 Å². The Balaban J connectivity index is 1.76. The molecule has 142 valence electrons. The minimum absolute atomic E-state index is 0.0655. The lowest BCUT2D eigenvalue weighted by molar-refractivity contribution is -0.384. The Morgan fingerprint density at radius 3 is 2.15 bits per heavy atom. The SMILES string of the molecule is NC(=O)c1ccc(N2CCN(S(=O)(=O)N3CCCC3)CC2)c([N+](=O)[O-])c1. The van der Waals surface area contributed by atoms with Gasteiger partial charge in [0.05, 0.1) is 4.92 Å². The Morgan fingerprint density at radius 1 is 1.04 bits per heavy atom. The third kappa shape index (κ3) is 3.50. The van der Waals surface area contributed by atoms with Gasteiger partial charge in [0.15, 0.2) is 0 Å². The van der Waals surface area contributed by atoms with Crippen LogP contribution in [0.5, 0.6) is 0 Å². The highest BCUT2D eigenvalue weighted by molar-refractivity contribution is 7.86. The van der Waals surface area contributed by atoms with Crippen LogP contribution in [0.1, 0.15) is 23.2 Å². The number of rotatable bonds is 5. The molecule has 0 aromatic heterocycles. The van der Waals surface area contributed by atoms with Gasteiger partial charge in [0.25, 0.3) is 15.9 Å². The van der Waals surface area contributed by atoms with Gasteiger partial charge in [0.2, 0.25) is 5.91 Å². The highest BCUT2D eigenvalue weighted by atomic mass is 32.2. The molecule has 2 fully saturated rings. The summed E-state index contributed by atoms with van der Waals surface area (Å²) in [4.78, 5) is 23.8. The van der Waals surface area contributed by atoms with Gasteiger partial charge in [-0.2, -0.15) is 17.0 Å². The lowest BCUT2D eigenvalue weighted by Crippen LogP contribution is -2.52. The molecule has 0 atom stereocenters. The number of piperazine rings is 1. The van der Waals surface area contributed by atoms with Gasteiger partial charge in [-0.25, -0.2) is 0 Å². The van der Waals surface area contributed by atoms with E-state index in [4.69, 9.17) is 5.73 Å². The summed E-state index contributed by atoms with van der Waals surface area (Å²) in [5.41, 5.74) is 5.40. The van der Waals surface area contributed by atoms with Crippen molar-refractivity contribution in [3.8, 4) is 0 Å². The van der Waals surface area contributed by atoms with Crippen molar-refractivity contribution < 1.29 is 18.1 Å². The average Bonchev–Trinajstić information content (AvgIpc) is 3.16. The molecule has 1 amide bonds. The Hall–Kier alpha value is -2.24. The van der Waals surface area contributed by atoms with Crippen LogP contribution in [0.25, 0.3) is 0 Å². The van der Waals surface area contributed by atoms with E-state index in [1.165, 1.54) is 20.7 Å². The summed E-state index contributed by atoms with van der Waals surface area (Å²) in [5.74, 6) is -0.735. The first-order valence-corrected chi connectivity index (χ1v) is 9.79. The van der Waals surface area contributed by atoms with Gasteiger partial charge in [-0.15, -0.1) is 0 Å². The Bertz CT molecular complexity index is 814. The second-order valence-electron chi connectivity index (χ2n) is 6.32. The number of carbonyl (C=O) groups excluding carboxylic acids is 1. The molecule has 1 aromatic rings. The molecule has 2 aliphatic rings. The number of nitro benzene ring substituents is 1. The number of carbonyl (C=O) groups is 1. The van der Waals surface area contributed by atoms with E-state index < -0.39 is 21.0 Å². The van der Waals surface area contributed by atoms with Crippen LogP contribution in [0.4, 0.5) is 11.4 Å². The van der Waals surface area contributed by atoms with Crippen molar-refractivity contribution in [1.82, 2.24) is 8.61 Å². The molecule has 0 spiro atoms. The smallest absolute Gasteiger partial charge is 0.293 e. The van der Waals surface area contributed by atoms with Gasteiger partial charge < -0.3 is 10.6 Å².